The zero-order chi connectivity index (χ0) is 14.2. The fraction of sp³-hybridized carbons (Fsp3) is 0.455. The predicted octanol–water partition coefficient (Wildman–Crippen LogP) is -2.85. The molecule has 1 aromatic rings. The smallest absolute Gasteiger partial charge is 0.330 e. The van der Waals surface area contributed by atoms with E-state index in [1.54, 1.807) is 0 Å². The third kappa shape index (κ3) is 1.98. The number of aromatic amines is 1. The monoisotopic (exact) mass is 268 g/mol. The molecule has 8 heteroatoms. The van der Waals surface area contributed by atoms with Gasteiger partial charge < -0.3 is 20.1 Å². The van der Waals surface area contributed by atoms with Crippen LogP contribution in [0.2, 0.25) is 0 Å². The molecule has 0 aliphatic carbocycles. The van der Waals surface area contributed by atoms with Crippen molar-refractivity contribution in [3.8, 4) is 12.3 Å². The SMILES string of the molecule is C#C[C@@]1(O)[C@H](O)C(CO)O[C@H]1n1ccc(=O)[nH]c1=O. The zero-order valence-corrected chi connectivity index (χ0v) is 9.68. The lowest BCUT2D eigenvalue weighted by molar-refractivity contribution is -0.0764. The largest absolute Gasteiger partial charge is 0.394 e. The standard InChI is InChI=1S/C11H12N2O6/c1-2-11(18)8(16)6(5-14)19-9(11)13-4-3-7(15)12-10(13)17/h1,3-4,6,8-9,14,16,18H,5H2,(H,12,15,17)/t6?,8-,9-,11-/m1/s1. The van der Waals surface area contributed by atoms with Crippen molar-refractivity contribution in [3.63, 3.8) is 0 Å². The van der Waals surface area contributed by atoms with E-state index in [4.69, 9.17) is 16.3 Å². The lowest BCUT2D eigenvalue weighted by Gasteiger charge is -2.26. The van der Waals surface area contributed by atoms with E-state index in [2.05, 4.69) is 0 Å². The molecule has 0 amide bonds. The molecule has 1 unspecified atom stereocenters. The van der Waals surface area contributed by atoms with Gasteiger partial charge >= 0.3 is 5.69 Å². The molecule has 19 heavy (non-hydrogen) atoms. The predicted molar refractivity (Wildman–Crippen MR) is 62.1 cm³/mol. The topological polar surface area (TPSA) is 125 Å². The second-order valence-corrected chi connectivity index (χ2v) is 4.14. The number of nitrogens with zero attached hydrogens (tertiary/aromatic N) is 1. The first-order valence-corrected chi connectivity index (χ1v) is 5.40. The molecule has 102 valence electrons. The number of terminal acetylenes is 1. The average molecular weight is 268 g/mol. The van der Waals surface area contributed by atoms with Gasteiger partial charge in [-0.1, -0.05) is 5.92 Å². The van der Waals surface area contributed by atoms with Crippen LogP contribution < -0.4 is 11.2 Å². The van der Waals surface area contributed by atoms with Crippen molar-refractivity contribution in [1.29, 1.82) is 0 Å². The van der Waals surface area contributed by atoms with Crippen molar-refractivity contribution in [2.45, 2.75) is 24.0 Å². The summed E-state index contributed by atoms with van der Waals surface area (Å²) >= 11 is 0. The highest BCUT2D eigenvalue weighted by atomic mass is 16.6. The molecule has 0 saturated carbocycles. The molecule has 2 heterocycles. The minimum absolute atomic E-state index is 0.584. The normalized spacial score (nSPS) is 34.1. The van der Waals surface area contributed by atoms with E-state index in [-0.39, 0.29) is 0 Å². The molecule has 1 saturated heterocycles. The van der Waals surface area contributed by atoms with Crippen LogP contribution in [0.25, 0.3) is 0 Å². The van der Waals surface area contributed by atoms with Gasteiger partial charge in [-0.25, -0.2) is 4.79 Å². The minimum Gasteiger partial charge on any atom is -0.394 e. The molecule has 0 bridgehead atoms. The molecule has 2 rings (SSSR count). The Bertz CT molecular complexity index is 629. The first-order chi connectivity index (χ1) is 8.93. The molecule has 4 atom stereocenters. The van der Waals surface area contributed by atoms with Crippen LogP contribution in [0, 0.1) is 12.3 Å². The molecule has 1 fully saturated rings. The van der Waals surface area contributed by atoms with E-state index in [0.717, 1.165) is 16.8 Å². The van der Waals surface area contributed by atoms with Gasteiger partial charge in [0.1, 0.15) is 12.2 Å². The summed E-state index contributed by atoms with van der Waals surface area (Å²) in [6.45, 7) is -0.584. The fourth-order valence-electron chi connectivity index (χ4n) is 1.96. The van der Waals surface area contributed by atoms with Crippen molar-refractivity contribution in [2.24, 2.45) is 0 Å². The van der Waals surface area contributed by atoms with E-state index in [9.17, 15) is 19.8 Å². The molecular weight excluding hydrogens is 256 g/mol. The Hall–Kier alpha value is -1.92. The van der Waals surface area contributed by atoms with Crippen molar-refractivity contribution >= 4 is 0 Å². The second kappa shape index (κ2) is 4.64. The van der Waals surface area contributed by atoms with Crippen LogP contribution in [0.1, 0.15) is 6.23 Å². The summed E-state index contributed by atoms with van der Waals surface area (Å²) in [6, 6.07) is 1.04. The van der Waals surface area contributed by atoms with E-state index in [1.807, 2.05) is 10.9 Å². The lowest BCUT2D eigenvalue weighted by Crippen LogP contribution is -2.48. The van der Waals surface area contributed by atoms with Gasteiger partial charge in [0.15, 0.2) is 11.8 Å². The lowest BCUT2D eigenvalue weighted by atomic mass is 9.95. The summed E-state index contributed by atoms with van der Waals surface area (Å²) in [4.78, 5) is 24.6. The van der Waals surface area contributed by atoms with Gasteiger partial charge in [0.05, 0.1) is 6.61 Å². The van der Waals surface area contributed by atoms with Gasteiger partial charge in [-0.15, -0.1) is 6.42 Å². The van der Waals surface area contributed by atoms with Crippen LogP contribution in [-0.2, 0) is 4.74 Å². The molecule has 4 N–H and O–H groups in total. The second-order valence-electron chi connectivity index (χ2n) is 4.14. The van der Waals surface area contributed by atoms with Crippen molar-refractivity contribution in [1.82, 2.24) is 9.55 Å². The summed E-state index contributed by atoms with van der Waals surface area (Å²) in [6.07, 6.45) is 2.15. The van der Waals surface area contributed by atoms with Gasteiger partial charge in [0.25, 0.3) is 5.56 Å². The summed E-state index contributed by atoms with van der Waals surface area (Å²) in [5.41, 5.74) is -3.66. The minimum atomic E-state index is -2.19. The number of aliphatic hydroxyl groups excluding tert-OH is 2. The van der Waals surface area contributed by atoms with Crippen LogP contribution in [0.4, 0.5) is 0 Å². The van der Waals surface area contributed by atoms with Gasteiger partial charge in [-0.05, 0) is 0 Å². The molecule has 1 aliphatic heterocycles. The number of hydrogen-bond donors (Lipinski definition) is 4. The average Bonchev–Trinajstić information content (AvgIpc) is 2.63. The maximum absolute atomic E-state index is 11.6. The van der Waals surface area contributed by atoms with Crippen LogP contribution in [-0.4, -0.2) is 49.3 Å². The maximum atomic E-state index is 11.6. The number of rotatable bonds is 2. The Morgan fingerprint density at radius 2 is 2.26 bits per heavy atom. The number of aromatic nitrogens is 2. The zero-order valence-electron chi connectivity index (χ0n) is 9.68. The number of hydrogen-bond acceptors (Lipinski definition) is 6. The number of ether oxygens (including phenoxy) is 1. The number of nitrogens with one attached hydrogen (secondary N) is 1. The molecule has 1 aromatic heterocycles. The quantitative estimate of drug-likeness (QED) is 0.428. The Labute approximate surface area is 106 Å². The Morgan fingerprint density at radius 1 is 1.58 bits per heavy atom. The molecular formula is C11H12N2O6. The summed E-state index contributed by atoms with van der Waals surface area (Å²) < 4.78 is 6.03. The Morgan fingerprint density at radius 3 is 2.79 bits per heavy atom. The third-order valence-corrected chi connectivity index (χ3v) is 3.00. The third-order valence-electron chi connectivity index (χ3n) is 3.00. The molecule has 1 aliphatic rings. The summed E-state index contributed by atoms with van der Waals surface area (Å²) in [7, 11) is 0. The highest BCUT2D eigenvalue weighted by Crippen LogP contribution is 2.36. The Kier molecular flexibility index (Phi) is 3.30. The molecule has 0 radical (unpaired) electrons. The van der Waals surface area contributed by atoms with Gasteiger partial charge in [0.2, 0.25) is 0 Å². The van der Waals surface area contributed by atoms with Crippen LogP contribution in [0.3, 0.4) is 0 Å². The first-order valence-electron chi connectivity index (χ1n) is 5.40. The first kappa shape index (κ1) is 13.5. The van der Waals surface area contributed by atoms with Gasteiger partial charge in [-0.2, -0.15) is 0 Å². The van der Waals surface area contributed by atoms with Crippen LogP contribution in [0.15, 0.2) is 21.9 Å². The van der Waals surface area contributed by atoms with Crippen molar-refractivity contribution < 1.29 is 20.1 Å². The summed E-state index contributed by atoms with van der Waals surface area (Å²) in [5, 5.41) is 29.1. The van der Waals surface area contributed by atoms with E-state index >= 15 is 0 Å². The van der Waals surface area contributed by atoms with Crippen molar-refractivity contribution in [2.75, 3.05) is 6.61 Å². The molecule has 0 aromatic carbocycles. The van der Waals surface area contributed by atoms with E-state index in [0.29, 0.717) is 0 Å². The fourth-order valence-corrected chi connectivity index (χ4v) is 1.96. The Balaban J connectivity index is 2.52. The van der Waals surface area contributed by atoms with Gasteiger partial charge in [-0.3, -0.25) is 14.3 Å². The van der Waals surface area contributed by atoms with Crippen LogP contribution in [0.5, 0.6) is 0 Å². The van der Waals surface area contributed by atoms with E-state index in [1.165, 1.54) is 0 Å². The van der Waals surface area contributed by atoms with Gasteiger partial charge in [0, 0.05) is 12.3 Å². The summed E-state index contributed by atoms with van der Waals surface area (Å²) in [5.74, 6) is 1.96. The highest BCUT2D eigenvalue weighted by Gasteiger charge is 2.55. The number of H-pyrrole nitrogens is 1. The highest BCUT2D eigenvalue weighted by molar-refractivity contribution is 5.19. The van der Waals surface area contributed by atoms with Crippen molar-refractivity contribution in [3.05, 3.63) is 33.1 Å². The van der Waals surface area contributed by atoms with E-state index < -0.39 is 41.9 Å². The molecule has 8 nitrogen and oxygen atoms in total. The number of aliphatic hydroxyl groups is 3. The maximum Gasteiger partial charge on any atom is 0.330 e. The van der Waals surface area contributed by atoms with Crippen LogP contribution >= 0.6 is 0 Å². The molecule has 0 spiro atoms.